The molecule has 0 radical (unpaired) electrons. The summed E-state index contributed by atoms with van der Waals surface area (Å²) in [5.41, 5.74) is 4.86. The molecule has 0 aliphatic carbocycles. The molecule has 2 aromatic rings. The van der Waals surface area contributed by atoms with Crippen LogP contribution in [0.25, 0.3) is 0 Å². The van der Waals surface area contributed by atoms with Gasteiger partial charge in [-0.2, -0.15) is 4.31 Å². The van der Waals surface area contributed by atoms with Gasteiger partial charge in [0.25, 0.3) is 0 Å². The number of nitrogens with zero attached hydrogens (tertiary/aromatic N) is 3. The van der Waals surface area contributed by atoms with Crippen LogP contribution in [-0.4, -0.2) is 60.6 Å². The molecular weight excluding hydrogens is 414 g/mol. The van der Waals surface area contributed by atoms with Gasteiger partial charge in [-0.3, -0.25) is 9.88 Å². The van der Waals surface area contributed by atoms with Crippen molar-refractivity contribution in [1.29, 1.82) is 0 Å². The number of hydrogen-bond acceptors (Lipinski definition) is 5. The molecule has 1 saturated heterocycles. The fourth-order valence-electron chi connectivity index (χ4n) is 3.51. The topological polar surface area (TPSA) is 94.6 Å². The smallest absolute Gasteiger partial charge is 0.319 e. The van der Waals surface area contributed by atoms with Crippen molar-refractivity contribution >= 4 is 21.7 Å². The summed E-state index contributed by atoms with van der Waals surface area (Å²) in [7, 11) is -3.11. The van der Waals surface area contributed by atoms with Crippen LogP contribution in [0, 0.1) is 13.8 Å². The number of hydrogen-bond donors (Lipinski definition) is 2. The first-order valence-corrected chi connectivity index (χ1v) is 12.1. The maximum absolute atomic E-state index is 12.2. The van der Waals surface area contributed by atoms with Gasteiger partial charge < -0.3 is 10.6 Å². The highest BCUT2D eigenvalue weighted by Crippen LogP contribution is 2.16. The molecule has 0 saturated carbocycles. The quantitative estimate of drug-likeness (QED) is 0.683. The van der Waals surface area contributed by atoms with Gasteiger partial charge in [-0.05, 0) is 49.6 Å². The van der Waals surface area contributed by atoms with Crippen LogP contribution in [0.1, 0.15) is 29.3 Å². The number of aromatic nitrogens is 1. The van der Waals surface area contributed by atoms with Crippen molar-refractivity contribution in [2.45, 2.75) is 33.9 Å². The number of aryl methyl sites for hydroxylation is 2. The van der Waals surface area contributed by atoms with E-state index in [0.717, 1.165) is 28.9 Å². The second-order valence-corrected chi connectivity index (χ2v) is 10.1. The largest absolute Gasteiger partial charge is 0.334 e. The number of urea groups is 1. The lowest BCUT2D eigenvalue weighted by Gasteiger charge is -2.33. The Hall–Kier alpha value is -2.49. The predicted octanol–water partition coefficient (Wildman–Crippen LogP) is 2.49. The van der Waals surface area contributed by atoms with Crippen LogP contribution < -0.4 is 10.6 Å². The van der Waals surface area contributed by atoms with Gasteiger partial charge in [0.15, 0.2) is 0 Å². The minimum atomic E-state index is -3.11. The molecule has 2 amide bonds. The third kappa shape index (κ3) is 6.49. The summed E-state index contributed by atoms with van der Waals surface area (Å²) < 4.78 is 25.6. The molecule has 0 atom stereocenters. The lowest BCUT2D eigenvalue weighted by molar-refractivity contribution is 0.181. The van der Waals surface area contributed by atoms with Crippen LogP contribution in [0.2, 0.25) is 0 Å². The first-order chi connectivity index (χ1) is 14.8. The number of piperazine rings is 1. The second kappa shape index (κ2) is 10.2. The van der Waals surface area contributed by atoms with E-state index in [9.17, 15) is 13.2 Å². The average Bonchev–Trinajstić information content (AvgIpc) is 2.76. The number of carbonyl (C=O) groups excluding carboxylic acids is 1. The molecule has 1 aliphatic heterocycles. The van der Waals surface area contributed by atoms with E-state index in [4.69, 9.17) is 0 Å². The summed E-state index contributed by atoms with van der Waals surface area (Å²) in [5, 5.41) is 5.68. The minimum Gasteiger partial charge on any atom is -0.334 e. The molecule has 1 aromatic carbocycles. The Bertz CT molecular complexity index is 1000. The summed E-state index contributed by atoms with van der Waals surface area (Å²) in [6.45, 7) is 9.28. The van der Waals surface area contributed by atoms with E-state index in [1.165, 1.54) is 0 Å². The Kier molecular flexibility index (Phi) is 7.64. The Morgan fingerprint density at radius 3 is 2.48 bits per heavy atom. The van der Waals surface area contributed by atoms with Gasteiger partial charge in [-0.15, -0.1) is 0 Å². The van der Waals surface area contributed by atoms with Crippen LogP contribution in [0.5, 0.6) is 0 Å². The van der Waals surface area contributed by atoms with Crippen molar-refractivity contribution in [3.8, 4) is 0 Å². The summed E-state index contributed by atoms with van der Waals surface area (Å²) in [6, 6.07) is 9.65. The number of amides is 2. The first kappa shape index (κ1) is 23.2. The molecule has 2 heterocycles. The molecule has 0 spiro atoms. The van der Waals surface area contributed by atoms with Crippen molar-refractivity contribution in [2.24, 2.45) is 0 Å². The highest BCUT2D eigenvalue weighted by atomic mass is 32.2. The molecule has 31 heavy (non-hydrogen) atoms. The van der Waals surface area contributed by atoms with Gasteiger partial charge in [0, 0.05) is 45.0 Å². The van der Waals surface area contributed by atoms with E-state index < -0.39 is 10.0 Å². The standard InChI is InChI=1S/C22H31N5O3S/c1-4-31(29,30)27-11-9-26(10-12-27)16-19-7-5-17(2)20(13-19)14-24-22(28)25-21-8-6-18(3)23-15-21/h5-8,13,15H,4,9-12,14,16H2,1-3H3,(H2,24,25,28). The fraction of sp³-hybridized carbons (Fsp3) is 0.455. The minimum absolute atomic E-state index is 0.148. The van der Waals surface area contributed by atoms with Crippen LogP contribution >= 0.6 is 0 Å². The Balaban J connectivity index is 1.53. The molecular formula is C22H31N5O3S. The number of sulfonamides is 1. The van der Waals surface area contributed by atoms with Crippen LogP contribution in [0.4, 0.5) is 10.5 Å². The van der Waals surface area contributed by atoms with Crippen LogP contribution in [0.3, 0.4) is 0 Å². The molecule has 3 rings (SSSR count). The van der Waals surface area contributed by atoms with E-state index in [2.05, 4.69) is 38.7 Å². The van der Waals surface area contributed by atoms with Gasteiger partial charge in [0.05, 0.1) is 17.6 Å². The zero-order chi connectivity index (χ0) is 22.4. The lowest BCUT2D eigenvalue weighted by Crippen LogP contribution is -2.48. The van der Waals surface area contributed by atoms with Crippen molar-refractivity contribution in [3.63, 3.8) is 0 Å². The number of benzene rings is 1. The monoisotopic (exact) mass is 445 g/mol. The first-order valence-electron chi connectivity index (χ1n) is 10.5. The third-order valence-electron chi connectivity index (χ3n) is 5.52. The maximum Gasteiger partial charge on any atom is 0.319 e. The predicted molar refractivity (Wildman–Crippen MR) is 122 cm³/mol. The number of rotatable bonds is 7. The normalized spacial score (nSPS) is 15.6. The lowest BCUT2D eigenvalue weighted by atomic mass is 10.0. The van der Waals surface area contributed by atoms with Crippen molar-refractivity contribution < 1.29 is 13.2 Å². The molecule has 168 valence electrons. The molecule has 2 N–H and O–H groups in total. The highest BCUT2D eigenvalue weighted by Gasteiger charge is 2.25. The van der Waals surface area contributed by atoms with Gasteiger partial charge >= 0.3 is 6.03 Å². The molecule has 9 heteroatoms. The Labute approximate surface area is 184 Å². The number of nitrogens with one attached hydrogen (secondary N) is 2. The summed E-state index contributed by atoms with van der Waals surface area (Å²) >= 11 is 0. The molecule has 0 bridgehead atoms. The zero-order valence-corrected chi connectivity index (χ0v) is 19.2. The fourth-order valence-corrected chi connectivity index (χ4v) is 4.60. The summed E-state index contributed by atoms with van der Waals surface area (Å²) in [6.07, 6.45) is 1.63. The molecule has 8 nitrogen and oxygen atoms in total. The number of carbonyl (C=O) groups is 1. The molecule has 1 fully saturated rings. The van der Waals surface area contributed by atoms with E-state index in [1.807, 2.05) is 26.0 Å². The van der Waals surface area contributed by atoms with Crippen molar-refractivity contribution in [1.82, 2.24) is 19.5 Å². The van der Waals surface area contributed by atoms with E-state index in [1.54, 1.807) is 17.4 Å². The average molecular weight is 446 g/mol. The van der Waals surface area contributed by atoms with Crippen molar-refractivity contribution in [2.75, 3.05) is 37.2 Å². The SMILES string of the molecule is CCS(=O)(=O)N1CCN(Cc2ccc(C)c(CNC(=O)Nc3ccc(C)nc3)c2)CC1. The summed E-state index contributed by atoms with van der Waals surface area (Å²) in [4.78, 5) is 18.6. The second-order valence-electron chi connectivity index (χ2n) is 7.83. The van der Waals surface area contributed by atoms with Crippen molar-refractivity contribution in [3.05, 3.63) is 58.9 Å². The van der Waals surface area contributed by atoms with E-state index in [-0.39, 0.29) is 11.8 Å². The number of anilines is 1. The van der Waals surface area contributed by atoms with E-state index >= 15 is 0 Å². The molecule has 0 unspecified atom stereocenters. The van der Waals surface area contributed by atoms with Crippen LogP contribution in [0.15, 0.2) is 36.5 Å². The van der Waals surface area contributed by atoms with Crippen LogP contribution in [-0.2, 0) is 23.1 Å². The molecule has 1 aliphatic rings. The van der Waals surface area contributed by atoms with Gasteiger partial charge in [0.2, 0.25) is 10.0 Å². The van der Waals surface area contributed by atoms with Gasteiger partial charge in [-0.1, -0.05) is 18.2 Å². The Morgan fingerprint density at radius 1 is 1.10 bits per heavy atom. The van der Waals surface area contributed by atoms with Gasteiger partial charge in [0.1, 0.15) is 0 Å². The third-order valence-corrected chi connectivity index (χ3v) is 7.40. The van der Waals surface area contributed by atoms with E-state index in [0.29, 0.717) is 38.4 Å². The Morgan fingerprint density at radius 2 is 1.84 bits per heavy atom. The van der Waals surface area contributed by atoms with Gasteiger partial charge in [-0.25, -0.2) is 13.2 Å². The summed E-state index contributed by atoms with van der Waals surface area (Å²) in [5.74, 6) is 0.148. The zero-order valence-electron chi connectivity index (χ0n) is 18.4. The maximum atomic E-state index is 12.2. The molecule has 1 aromatic heterocycles. The highest BCUT2D eigenvalue weighted by molar-refractivity contribution is 7.89. The number of pyridine rings is 1.